The minimum atomic E-state index is 0.831. The fourth-order valence-electron chi connectivity index (χ4n) is 2.33. The maximum absolute atomic E-state index is 5.16. The van der Waals surface area contributed by atoms with Gasteiger partial charge in [0.1, 0.15) is 11.5 Å². The number of aliphatic imine (C=N–C) groups is 2. The first-order valence-corrected chi connectivity index (χ1v) is 8.23. The zero-order valence-electron chi connectivity index (χ0n) is 14.8. The van der Waals surface area contributed by atoms with Gasteiger partial charge in [-0.1, -0.05) is 6.07 Å². The summed E-state index contributed by atoms with van der Waals surface area (Å²) in [5.41, 5.74) is 3.73. The van der Waals surface area contributed by atoms with Crippen molar-refractivity contribution in [3.05, 3.63) is 83.9 Å². The van der Waals surface area contributed by atoms with Crippen LogP contribution >= 0.6 is 0 Å². The van der Waals surface area contributed by atoms with Crippen molar-refractivity contribution in [2.45, 2.75) is 0 Å². The Morgan fingerprint density at radius 3 is 1.42 bits per heavy atom. The van der Waals surface area contributed by atoms with Gasteiger partial charge in [0.05, 0.1) is 25.6 Å². The summed E-state index contributed by atoms with van der Waals surface area (Å²) in [7, 11) is 3.31. The maximum atomic E-state index is 5.16. The first-order chi connectivity index (χ1) is 12.8. The molecule has 3 rings (SSSR count). The highest BCUT2D eigenvalue weighted by atomic mass is 16.5. The quantitative estimate of drug-likeness (QED) is 0.577. The lowest BCUT2D eigenvalue weighted by Gasteiger charge is -2.00. The van der Waals surface area contributed by atoms with E-state index in [4.69, 9.17) is 9.47 Å². The molecule has 0 bridgehead atoms. The summed E-state index contributed by atoms with van der Waals surface area (Å²) in [5, 5.41) is 0. The van der Waals surface area contributed by atoms with Crippen molar-refractivity contribution in [3.8, 4) is 11.5 Å². The lowest BCUT2D eigenvalue weighted by Crippen LogP contribution is -1.84. The van der Waals surface area contributed by atoms with Crippen LogP contribution in [0.2, 0.25) is 0 Å². The van der Waals surface area contributed by atoms with Crippen LogP contribution in [0, 0.1) is 0 Å². The average molecular weight is 344 g/mol. The van der Waals surface area contributed by atoms with Gasteiger partial charge in [-0.05, 0) is 77.9 Å². The third kappa shape index (κ3) is 4.80. The number of hydrogen-bond acceptors (Lipinski definition) is 4. The lowest BCUT2D eigenvalue weighted by molar-refractivity contribution is 0.414. The summed E-state index contributed by atoms with van der Waals surface area (Å²) >= 11 is 0. The van der Waals surface area contributed by atoms with E-state index >= 15 is 0 Å². The normalized spacial score (nSPS) is 11.2. The van der Waals surface area contributed by atoms with Crippen LogP contribution in [-0.4, -0.2) is 26.6 Å². The molecule has 0 aromatic heterocycles. The highest BCUT2D eigenvalue weighted by Gasteiger charge is 1.95. The molecule has 0 spiro atoms. The Labute approximate surface area is 153 Å². The van der Waals surface area contributed by atoms with E-state index in [1.54, 1.807) is 14.2 Å². The van der Waals surface area contributed by atoms with Crippen molar-refractivity contribution in [3.63, 3.8) is 0 Å². The van der Waals surface area contributed by atoms with Gasteiger partial charge in [-0.15, -0.1) is 0 Å². The molecule has 0 heterocycles. The Hall–Kier alpha value is -3.40. The van der Waals surface area contributed by atoms with Crippen molar-refractivity contribution in [1.29, 1.82) is 0 Å². The molecule has 0 aliphatic carbocycles. The SMILES string of the molecule is COc1ccc(C=Nc2cccc(N=Cc3ccc(OC)cc3)c2)cc1. The van der Waals surface area contributed by atoms with Gasteiger partial charge in [-0.3, -0.25) is 9.98 Å². The smallest absolute Gasteiger partial charge is 0.118 e. The summed E-state index contributed by atoms with van der Waals surface area (Å²) in [5.74, 6) is 1.66. The third-order valence-electron chi connectivity index (χ3n) is 3.79. The summed E-state index contributed by atoms with van der Waals surface area (Å²) in [6.45, 7) is 0. The predicted molar refractivity (Wildman–Crippen MR) is 107 cm³/mol. The van der Waals surface area contributed by atoms with Crippen molar-refractivity contribution >= 4 is 23.8 Å². The van der Waals surface area contributed by atoms with Crippen LogP contribution in [0.15, 0.2) is 82.8 Å². The largest absolute Gasteiger partial charge is 0.497 e. The molecule has 0 aliphatic rings. The number of ether oxygens (including phenoxy) is 2. The third-order valence-corrected chi connectivity index (χ3v) is 3.79. The van der Waals surface area contributed by atoms with Crippen LogP contribution < -0.4 is 9.47 Å². The summed E-state index contributed by atoms with van der Waals surface area (Å²) in [6.07, 6.45) is 3.65. The Balaban J connectivity index is 1.70. The zero-order valence-corrected chi connectivity index (χ0v) is 14.8. The first-order valence-electron chi connectivity index (χ1n) is 8.23. The predicted octanol–water partition coefficient (Wildman–Crippen LogP) is 5.21. The Kier molecular flexibility index (Phi) is 5.78. The van der Waals surface area contributed by atoms with Gasteiger partial charge in [0.2, 0.25) is 0 Å². The molecule has 4 heteroatoms. The second kappa shape index (κ2) is 8.62. The second-order valence-electron chi connectivity index (χ2n) is 5.58. The number of methoxy groups -OCH3 is 2. The maximum Gasteiger partial charge on any atom is 0.118 e. The van der Waals surface area contributed by atoms with Crippen LogP contribution in [-0.2, 0) is 0 Å². The summed E-state index contributed by atoms with van der Waals surface area (Å²) in [6, 6.07) is 23.3. The van der Waals surface area contributed by atoms with E-state index in [1.165, 1.54) is 0 Å². The fourth-order valence-corrected chi connectivity index (χ4v) is 2.33. The molecule has 0 unspecified atom stereocenters. The van der Waals surface area contributed by atoms with E-state index in [0.29, 0.717) is 0 Å². The molecule has 0 saturated heterocycles. The molecule has 0 N–H and O–H groups in total. The number of hydrogen-bond donors (Lipinski definition) is 0. The van der Waals surface area contributed by atoms with Gasteiger partial charge < -0.3 is 9.47 Å². The Morgan fingerprint density at radius 2 is 1.04 bits per heavy atom. The monoisotopic (exact) mass is 344 g/mol. The summed E-state index contributed by atoms with van der Waals surface area (Å²) < 4.78 is 10.3. The number of nitrogens with zero attached hydrogens (tertiary/aromatic N) is 2. The Morgan fingerprint density at radius 1 is 0.615 bits per heavy atom. The topological polar surface area (TPSA) is 43.2 Å². The molecule has 0 radical (unpaired) electrons. The standard InChI is InChI=1S/C22H20N2O2/c1-25-21-10-6-17(7-11-21)15-23-19-4-3-5-20(14-19)24-16-18-8-12-22(26-2)13-9-18/h3-16H,1-2H3. The minimum Gasteiger partial charge on any atom is -0.497 e. The zero-order chi connectivity index (χ0) is 18.2. The molecule has 0 aliphatic heterocycles. The van der Waals surface area contributed by atoms with E-state index < -0.39 is 0 Å². The second-order valence-corrected chi connectivity index (χ2v) is 5.58. The Bertz CT molecular complexity index is 825. The van der Waals surface area contributed by atoms with Gasteiger partial charge >= 0.3 is 0 Å². The van der Waals surface area contributed by atoms with Crippen LogP contribution in [0.5, 0.6) is 11.5 Å². The van der Waals surface area contributed by atoms with Gasteiger partial charge in [0.25, 0.3) is 0 Å². The van der Waals surface area contributed by atoms with Crippen LogP contribution in [0.25, 0.3) is 0 Å². The molecule has 26 heavy (non-hydrogen) atoms. The van der Waals surface area contributed by atoms with E-state index in [9.17, 15) is 0 Å². The molecule has 0 saturated carbocycles. The van der Waals surface area contributed by atoms with Crippen molar-refractivity contribution in [2.24, 2.45) is 9.98 Å². The highest BCUT2D eigenvalue weighted by Crippen LogP contribution is 2.21. The molecule has 0 amide bonds. The summed E-state index contributed by atoms with van der Waals surface area (Å²) in [4.78, 5) is 9.03. The molecular weight excluding hydrogens is 324 g/mol. The van der Waals surface area contributed by atoms with E-state index in [2.05, 4.69) is 9.98 Å². The van der Waals surface area contributed by atoms with Crippen molar-refractivity contribution in [2.75, 3.05) is 14.2 Å². The van der Waals surface area contributed by atoms with Crippen molar-refractivity contribution < 1.29 is 9.47 Å². The fraction of sp³-hybridized carbons (Fsp3) is 0.0909. The van der Waals surface area contributed by atoms with Gasteiger partial charge in [-0.2, -0.15) is 0 Å². The van der Waals surface area contributed by atoms with Crippen LogP contribution in [0.1, 0.15) is 11.1 Å². The van der Waals surface area contributed by atoms with Crippen LogP contribution in [0.3, 0.4) is 0 Å². The number of rotatable bonds is 6. The van der Waals surface area contributed by atoms with Gasteiger partial charge in [-0.25, -0.2) is 0 Å². The molecular formula is C22H20N2O2. The average Bonchev–Trinajstić information content (AvgIpc) is 2.72. The van der Waals surface area contributed by atoms with Gasteiger partial charge in [0, 0.05) is 12.4 Å². The molecule has 3 aromatic rings. The minimum absolute atomic E-state index is 0.831. The molecule has 130 valence electrons. The van der Waals surface area contributed by atoms with E-state index in [1.807, 2.05) is 85.2 Å². The van der Waals surface area contributed by atoms with E-state index in [-0.39, 0.29) is 0 Å². The highest BCUT2D eigenvalue weighted by molar-refractivity contribution is 5.84. The molecule has 0 atom stereocenters. The van der Waals surface area contributed by atoms with Gasteiger partial charge in [0.15, 0.2) is 0 Å². The van der Waals surface area contributed by atoms with Crippen molar-refractivity contribution in [1.82, 2.24) is 0 Å². The molecule has 0 fully saturated rings. The molecule has 4 nitrogen and oxygen atoms in total. The van der Waals surface area contributed by atoms with E-state index in [0.717, 1.165) is 34.0 Å². The molecule has 3 aromatic carbocycles. The van der Waals surface area contributed by atoms with Crippen LogP contribution in [0.4, 0.5) is 11.4 Å². The lowest BCUT2D eigenvalue weighted by atomic mass is 10.2. The first kappa shape index (κ1) is 17.4. The number of benzene rings is 3.